The van der Waals surface area contributed by atoms with Gasteiger partial charge in [0.25, 0.3) is 6.29 Å². The first kappa shape index (κ1) is 76.0. The van der Waals surface area contributed by atoms with Crippen molar-refractivity contribution < 1.29 is 42.9 Å². The molecule has 79 heavy (non-hydrogen) atoms. The molecule has 0 heterocycles. The van der Waals surface area contributed by atoms with E-state index < -0.39 is 24.3 Å². The number of nitrogens with zero attached hydrogens (tertiary/aromatic N) is 1. The van der Waals surface area contributed by atoms with Crippen molar-refractivity contribution in [3.63, 3.8) is 0 Å². The number of quaternary nitrogens is 1. The van der Waals surface area contributed by atoms with E-state index in [9.17, 15) is 19.5 Å². The van der Waals surface area contributed by atoms with Gasteiger partial charge >= 0.3 is 17.9 Å². The van der Waals surface area contributed by atoms with Crippen molar-refractivity contribution in [2.24, 2.45) is 0 Å². The molecule has 0 fully saturated rings. The maximum Gasteiger partial charge on any atom is 0.361 e. The maximum atomic E-state index is 12.8. The van der Waals surface area contributed by atoms with Crippen LogP contribution in [0.4, 0.5) is 0 Å². The molecule has 1 N–H and O–H groups in total. The Morgan fingerprint density at radius 1 is 0.392 bits per heavy atom. The molecule has 0 aromatic carbocycles. The molecule has 9 heteroatoms. The van der Waals surface area contributed by atoms with Crippen LogP contribution in [0.25, 0.3) is 0 Å². The molecule has 0 aromatic rings. The van der Waals surface area contributed by atoms with Crippen LogP contribution in [0.1, 0.15) is 309 Å². The highest BCUT2D eigenvalue weighted by Gasteiger charge is 2.25. The minimum atomic E-state index is -1.53. The minimum absolute atomic E-state index is 0.176. The van der Waals surface area contributed by atoms with Crippen LogP contribution in [0.5, 0.6) is 0 Å². The van der Waals surface area contributed by atoms with Crippen LogP contribution in [-0.4, -0.2) is 87.4 Å². The van der Waals surface area contributed by atoms with Gasteiger partial charge in [-0.05, 0) is 51.4 Å². The topological polar surface area (TPSA) is 108 Å². The Bertz CT molecular complexity index is 1480. The molecule has 9 nitrogen and oxygen atoms in total. The van der Waals surface area contributed by atoms with Gasteiger partial charge in [0.15, 0.2) is 6.10 Å². The molecule has 0 aliphatic rings. The lowest BCUT2D eigenvalue weighted by molar-refractivity contribution is -0.870. The number of hydrogen-bond acceptors (Lipinski definition) is 7. The summed E-state index contributed by atoms with van der Waals surface area (Å²) >= 11 is 0. The van der Waals surface area contributed by atoms with E-state index >= 15 is 0 Å². The number of unbranched alkanes of at least 4 members (excludes halogenated alkanes) is 37. The number of carbonyl (C=O) groups is 3. The molecule has 0 aliphatic heterocycles. The van der Waals surface area contributed by atoms with Crippen molar-refractivity contribution >= 4 is 17.9 Å². The zero-order chi connectivity index (χ0) is 57.6. The van der Waals surface area contributed by atoms with Crippen LogP contribution in [0, 0.1) is 0 Å². The van der Waals surface area contributed by atoms with Gasteiger partial charge < -0.3 is 28.5 Å². The fraction of sp³-hybridized carbons (Fsp3) is 0.814. The first-order valence-electron chi connectivity index (χ1n) is 33.5. The van der Waals surface area contributed by atoms with Gasteiger partial charge in [-0.1, -0.05) is 306 Å². The number of carbonyl (C=O) groups excluding carboxylic acids is 2. The minimum Gasteiger partial charge on any atom is -0.477 e. The van der Waals surface area contributed by atoms with Crippen molar-refractivity contribution in [3.05, 3.63) is 60.8 Å². The zero-order valence-electron chi connectivity index (χ0n) is 52.5. The normalized spacial score (nSPS) is 13.1. The molecule has 0 aromatic heterocycles. The Kier molecular flexibility index (Phi) is 58.7. The van der Waals surface area contributed by atoms with Gasteiger partial charge in [-0.3, -0.25) is 9.59 Å². The molecule has 0 radical (unpaired) electrons. The standard InChI is InChI=1S/C70H127NO8/c1-6-8-10-12-14-16-18-20-22-24-25-26-27-28-29-30-31-32-33-34-35-36-37-38-39-40-41-42-43-45-46-48-50-52-54-56-58-60-67(72)77-64-66(65-78-70(69(74)75)76-63-62-71(3,4)5)79-68(73)61-59-57-55-53-51-49-47-44-23-21-19-17-15-13-11-9-7-2/h9,11,15,17,21,23,47,49,53,55,66,70H,6-8,10,12-14,16,18-20,22,24-46,48,50-52,54,56-65H2,1-5H3/p+1/b11-9-,17-15-,23-21-,49-47-,55-53-. The summed E-state index contributed by atoms with van der Waals surface area (Å²) in [5, 5.41) is 9.71. The molecule has 0 amide bonds. The molecular weight excluding hydrogens is 983 g/mol. The second-order valence-electron chi connectivity index (χ2n) is 23.8. The van der Waals surface area contributed by atoms with E-state index in [0.29, 0.717) is 23.9 Å². The fourth-order valence-electron chi connectivity index (χ4n) is 9.70. The van der Waals surface area contributed by atoms with Gasteiger partial charge in [0, 0.05) is 12.8 Å². The highest BCUT2D eigenvalue weighted by molar-refractivity contribution is 5.71. The average molecular weight is 1110 g/mol. The summed E-state index contributed by atoms with van der Waals surface area (Å²) in [6.45, 7) is 4.73. The van der Waals surface area contributed by atoms with Crippen LogP contribution >= 0.6 is 0 Å². The summed E-state index contributed by atoms with van der Waals surface area (Å²) in [5.74, 6) is -2.07. The number of carboxylic acid groups (broad SMARTS) is 1. The zero-order valence-corrected chi connectivity index (χ0v) is 52.5. The number of esters is 2. The smallest absolute Gasteiger partial charge is 0.361 e. The predicted octanol–water partition coefficient (Wildman–Crippen LogP) is 20.4. The monoisotopic (exact) mass is 1110 g/mol. The number of hydrogen-bond donors (Lipinski definition) is 1. The quantitative estimate of drug-likeness (QED) is 0.0211. The third-order valence-electron chi connectivity index (χ3n) is 14.8. The highest BCUT2D eigenvalue weighted by Crippen LogP contribution is 2.18. The SMILES string of the molecule is CC/C=C\C/C=C\C/C=C\C/C=C\C/C=C\CCCC(=O)OC(COC(=O)CCCCCCCCCCCCCCCCCCCCCCCCCCCCCCCCCCCCCCC)COC(OCC[N+](C)(C)C)C(=O)O. The van der Waals surface area contributed by atoms with E-state index in [1.54, 1.807) is 0 Å². The van der Waals surface area contributed by atoms with Gasteiger partial charge in [-0.2, -0.15) is 0 Å². The van der Waals surface area contributed by atoms with Crippen molar-refractivity contribution in [3.8, 4) is 0 Å². The van der Waals surface area contributed by atoms with Gasteiger partial charge in [0.2, 0.25) is 0 Å². The van der Waals surface area contributed by atoms with E-state index in [1.165, 1.54) is 218 Å². The number of aliphatic carboxylic acids is 1. The van der Waals surface area contributed by atoms with Crippen LogP contribution in [-0.2, 0) is 33.3 Å². The molecule has 460 valence electrons. The second kappa shape index (κ2) is 61.1. The van der Waals surface area contributed by atoms with E-state index in [0.717, 1.165) is 57.8 Å². The van der Waals surface area contributed by atoms with E-state index in [1.807, 2.05) is 21.1 Å². The van der Waals surface area contributed by atoms with Crippen LogP contribution < -0.4 is 0 Å². The summed E-state index contributed by atoms with van der Waals surface area (Å²) in [5.41, 5.74) is 0. The molecule has 0 saturated heterocycles. The summed E-state index contributed by atoms with van der Waals surface area (Å²) in [7, 11) is 5.95. The third-order valence-corrected chi connectivity index (χ3v) is 14.8. The summed E-state index contributed by atoms with van der Waals surface area (Å²) in [6, 6.07) is 0. The average Bonchev–Trinajstić information content (AvgIpc) is 3.42. The molecule has 0 aliphatic carbocycles. The van der Waals surface area contributed by atoms with Crippen LogP contribution in [0.2, 0.25) is 0 Å². The molecule has 0 spiro atoms. The fourth-order valence-corrected chi connectivity index (χ4v) is 9.70. The Hall–Kier alpha value is -3.01. The maximum absolute atomic E-state index is 12.8. The number of allylic oxidation sites excluding steroid dienone is 10. The number of carboxylic acids is 1. The van der Waals surface area contributed by atoms with E-state index in [2.05, 4.69) is 74.6 Å². The number of likely N-dealkylation sites (N-methyl/N-ethyl adjacent to an activating group) is 1. The number of ether oxygens (including phenoxy) is 4. The van der Waals surface area contributed by atoms with Crippen molar-refractivity contribution in [1.82, 2.24) is 0 Å². The van der Waals surface area contributed by atoms with E-state index in [4.69, 9.17) is 18.9 Å². The lowest BCUT2D eigenvalue weighted by Gasteiger charge is -2.25. The van der Waals surface area contributed by atoms with Crippen LogP contribution in [0.3, 0.4) is 0 Å². The number of rotatable bonds is 62. The van der Waals surface area contributed by atoms with Crippen molar-refractivity contribution in [1.29, 1.82) is 0 Å². The Morgan fingerprint density at radius 2 is 0.722 bits per heavy atom. The first-order valence-corrected chi connectivity index (χ1v) is 33.5. The van der Waals surface area contributed by atoms with Crippen molar-refractivity contribution in [2.45, 2.75) is 322 Å². The molecule has 0 bridgehead atoms. The molecule has 0 saturated carbocycles. The molecule has 2 atom stereocenters. The Morgan fingerprint density at radius 3 is 1.06 bits per heavy atom. The largest absolute Gasteiger partial charge is 0.477 e. The van der Waals surface area contributed by atoms with Crippen LogP contribution in [0.15, 0.2) is 60.8 Å². The lowest BCUT2D eigenvalue weighted by Crippen LogP contribution is -2.40. The van der Waals surface area contributed by atoms with Gasteiger partial charge in [0.05, 0.1) is 34.4 Å². The summed E-state index contributed by atoms with van der Waals surface area (Å²) in [6.07, 6.45) is 76.6. The third kappa shape index (κ3) is 62.4. The Labute approximate surface area is 488 Å². The van der Waals surface area contributed by atoms with Gasteiger partial charge in [0.1, 0.15) is 13.2 Å². The Balaban J connectivity index is 4.00. The van der Waals surface area contributed by atoms with Crippen molar-refractivity contribution in [2.75, 3.05) is 47.5 Å². The van der Waals surface area contributed by atoms with Gasteiger partial charge in [-0.15, -0.1) is 0 Å². The highest BCUT2D eigenvalue weighted by atomic mass is 16.7. The molecule has 0 rings (SSSR count). The summed E-state index contributed by atoms with van der Waals surface area (Å²) in [4.78, 5) is 37.4. The summed E-state index contributed by atoms with van der Waals surface area (Å²) < 4.78 is 22.8. The predicted molar refractivity (Wildman–Crippen MR) is 336 cm³/mol. The van der Waals surface area contributed by atoms with Gasteiger partial charge in [-0.25, -0.2) is 4.79 Å². The first-order chi connectivity index (χ1) is 38.6. The molecular formula is C70H128NO8+. The lowest BCUT2D eigenvalue weighted by atomic mass is 10.0. The van der Waals surface area contributed by atoms with E-state index in [-0.39, 0.29) is 32.2 Å². The molecule has 2 unspecified atom stereocenters. The second-order valence-corrected chi connectivity index (χ2v) is 23.8.